The fraction of sp³-hybridized carbons (Fsp3) is 0.115. The van der Waals surface area contributed by atoms with Gasteiger partial charge in [-0.3, -0.25) is 14.0 Å². The molecule has 3 heterocycles. The van der Waals surface area contributed by atoms with E-state index in [1.54, 1.807) is 68.7 Å². The number of aromatic nitrogens is 6. The van der Waals surface area contributed by atoms with Crippen molar-refractivity contribution < 1.29 is 13.9 Å². The number of anilines is 1. The Morgan fingerprint density at radius 3 is 2.44 bits per heavy atom. The first kappa shape index (κ1) is 22.9. The van der Waals surface area contributed by atoms with E-state index in [9.17, 15) is 9.18 Å². The van der Waals surface area contributed by atoms with Gasteiger partial charge in [0.25, 0.3) is 5.91 Å². The third kappa shape index (κ3) is 4.83. The number of carbonyl (C=O) groups excluding carboxylic acids is 1. The topological polar surface area (TPSA) is 99.8 Å². The van der Waals surface area contributed by atoms with Crippen molar-refractivity contribution in [1.29, 1.82) is 0 Å². The highest BCUT2D eigenvalue weighted by molar-refractivity contribution is 6.03. The lowest BCUT2D eigenvalue weighted by molar-refractivity contribution is 0.101. The van der Waals surface area contributed by atoms with E-state index in [1.807, 2.05) is 17.7 Å². The molecule has 3 aromatic heterocycles. The SMILES string of the molecule is Cc1nc(Oc2ccc(NC(=O)c3cc(-c4ccc(F)cc4)nn3C)cc2)cc(-n2ccnc2C)n1. The van der Waals surface area contributed by atoms with Crippen LogP contribution in [0.4, 0.5) is 10.1 Å². The average Bonchev–Trinajstić information content (AvgIpc) is 3.46. The van der Waals surface area contributed by atoms with Gasteiger partial charge in [0.05, 0.1) is 5.69 Å². The van der Waals surface area contributed by atoms with Crippen LogP contribution < -0.4 is 10.1 Å². The first-order chi connectivity index (χ1) is 17.4. The molecule has 0 aliphatic carbocycles. The number of hydrogen-bond donors (Lipinski definition) is 1. The van der Waals surface area contributed by atoms with E-state index < -0.39 is 0 Å². The maximum atomic E-state index is 13.2. The third-order valence-electron chi connectivity index (χ3n) is 5.46. The number of benzene rings is 2. The number of amides is 1. The van der Waals surface area contributed by atoms with Crippen LogP contribution in [0.15, 0.2) is 73.1 Å². The van der Waals surface area contributed by atoms with Gasteiger partial charge in [-0.2, -0.15) is 10.1 Å². The molecule has 2 aromatic carbocycles. The zero-order valence-corrected chi connectivity index (χ0v) is 19.8. The number of hydrogen-bond acceptors (Lipinski definition) is 6. The Labute approximate surface area is 206 Å². The minimum Gasteiger partial charge on any atom is -0.439 e. The summed E-state index contributed by atoms with van der Waals surface area (Å²) in [6.07, 6.45) is 3.53. The lowest BCUT2D eigenvalue weighted by atomic mass is 10.1. The standard InChI is InChI=1S/C26H22FN7O2/c1-16-29-24(34-13-12-28-17(34)2)15-25(30-16)36-21-10-8-20(9-11-21)31-26(35)23-14-22(32-33(23)3)18-4-6-19(27)7-5-18/h4-15H,1-3H3,(H,31,35). The molecule has 9 nitrogen and oxygen atoms in total. The fourth-order valence-electron chi connectivity index (χ4n) is 3.68. The summed E-state index contributed by atoms with van der Waals surface area (Å²) in [5.74, 6) is 2.33. The number of aryl methyl sites for hydroxylation is 3. The summed E-state index contributed by atoms with van der Waals surface area (Å²) in [6, 6.07) is 16.3. The van der Waals surface area contributed by atoms with Crippen LogP contribution in [-0.4, -0.2) is 35.2 Å². The zero-order valence-electron chi connectivity index (χ0n) is 19.8. The summed E-state index contributed by atoms with van der Waals surface area (Å²) >= 11 is 0. The molecule has 5 rings (SSSR count). The normalized spacial score (nSPS) is 10.9. The van der Waals surface area contributed by atoms with Gasteiger partial charge in [0.1, 0.15) is 34.7 Å². The first-order valence-corrected chi connectivity index (χ1v) is 11.1. The molecule has 180 valence electrons. The average molecular weight is 484 g/mol. The molecule has 0 saturated heterocycles. The number of halogens is 1. The number of rotatable bonds is 6. The number of nitrogens with one attached hydrogen (secondary N) is 1. The minimum atomic E-state index is -0.330. The first-order valence-electron chi connectivity index (χ1n) is 11.1. The Morgan fingerprint density at radius 1 is 1.00 bits per heavy atom. The Bertz CT molecular complexity index is 1540. The van der Waals surface area contributed by atoms with E-state index in [4.69, 9.17) is 4.74 Å². The highest BCUT2D eigenvalue weighted by Gasteiger charge is 2.15. The lowest BCUT2D eigenvalue weighted by Gasteiger charge is -2.10. The van der Waals surface area contributed by atoms with E-state index >= 15 is 0 Å². The Morgan fingerprint density at radius 2 is 1.75 bits per heavy atom. The highest BCUT2D eigenvalue weighted by Crippen LogP contribution is 2.24. The van der Waals surface area contributed by atoms with Gasteiger partial charge in [-0.15, -0.1) is 0 Å². The monoisotopic (exact) mass is 483 g/mol. The number of carbonyl (C=O) groups is 1. The number of imidazole rings is 1. The third-order valence-corrected chi connectivity index (χ3v) is 5.46. The van der Waals surface area contributed by atoms with Crippen molar-refractivity contribution in [3.63, 3.8) is 0 Å². The second kappa shape index (κ2) is 9.41. The van der Waals surface area contributed by atoms with Crippen molar-refractivity contribution in [2.24, 2.45) is 7.05 Å². The smallest absolute Gasteiger partial charge is 0.273 e. The van der Waals surface area contributed by atoms with E-state index in [0.29, 0.717) is 40.3 Å². The predicted molar refractivity (Wildman–Crippen MR) is 132 cm³/mol. The van der Waals surface area contributed by atoms with Gasteiger partial charge >= 0.3 is 0 Å². The van der Waals surface area contributed by atoms with Gasteiger partial charge in [0.2, 0.25) is 5.88 Å². The predicted octanol–water partition coefficient (Wildman–Crippen LogP) is 4.86. The van der Waals surface area contributed by atoms with Gasteiger partial charge in [-0.25, -0.2) is 14.4 Å². The summed E-state index contributed by atoms with van der Waals surface area (Å²) in [5.41, 5.74) is 2.26. The van der Waals surface area contributed by atoms with E-state index in [-0.39, 0.29) is 11.7 Å². The van der Waals surface area contributed by atoms with Crippen molar-refractivity contribution in [3.8, 4) is 28.7 Å². The van der Waals surface area contributed by atoms with Crippen LogP contribution >= 0.6 is 0 Å². The molecule has 5 aromatic rings. The highest BCUT2D eigenvalue weighted by atomic mass is 19.1. The van der Waals surface area contributed by atoms with Gasteiger partial charge < -0.3 is 10.1 Å². The van der Waals surface area contributed by atoms with Gasteiger partial charge in [0, 0.05) is 36.8 Å². The molecule has 0 aliphatic rings. The van der Waals surface area contributed by atoms with Crippen molar-refractivity contribution in [2.75, 3.05) is 5.32 Å². The van der Waals surface area contributed by atoms with E-state index in [0.717, 1.165) is 11.4 Å². The zero-order chi connectivity index (χ0) is 25.2. The minimum absolute atomic E-state index is 0.321. The largest absolute Gasteiger partial charge is 0.439 e. The van der Waals surface area contributed by atoms with Crippen LogP contribution in [0, 0.1) is 19.7 Å². The van der Waals surface area contributed by atoms with Crippen molar-refractivity contribution in [3.05, 3.63) is 96.2 Å². The molecule has 0 fully saturated rings. The molecule has 10 heteroatoms. The molecule has 1 N–H and O–H groups in total. The summed E-state index contributed by atoms with van der Waals surface area (Å²) in [7, 11) is 1.68. The Balaban J connectivity index is 1.28. The molecule has 0 radical (unpaired) electrons. The summed E-state index contributed by atoms with van der Waals surface area (Å²) in [5, 5.41) is 7.22. The molecule has 0 bridgehead atoms. The molecular weight excluding hydrogens is 461 g/mol. The Kier molecular flexibility index (Phi) is 5.99. The summed E-state index contributed by atoms with van der Waals surface area (Å²) in [6.45, 7) is 3.68. The molecule has 36 heavy (non-hydrogen) atoms. The Hall–Kier alpha value is -4.86. The van der Waals surface area contributed by atoms with E-state index in [1.165, 1.54) is 16.8 Å². The van der Waals surface area contributed by atoms with Crippen molar-refractivity contribution in [1.82, 2.24) is 29.3 Å². The summed E-state index contributed by atoms with van der Waals surface area (Å²) < 4.78 is 22.5. The van der Waals surface area contributed by atoms with Crippen LogP contribution in [0.2, 0.25) is 0 Å². The van der Waals surface area contributed by atoms with Crippen LogP contribution in [0.1, 0.15) is 22.1 Å². The number of nitrogens with zero attached hydrogens (tertiary/aromatic N) is 6. The van der Waals surface area contributed by atoms with Crippen molar-refractivity contribution >= 4 is 11.6 Å². The molecule has 0 atom stereocenters. The quantitative estimate of drug-likeness (QED) is 0.370. The lowest BCUT2D eigenvalue weighted by Crippen LogP contribution is -2.15. The molecule has 1 amide bonds. The van der Waals surface area contributed by atoms with Crippen LogP contribution in [0.5, 0.6) is 11.6 Å². The second-order valence-corrected chi connectivity index (χ2v) is 8.08. The molecule has 0 spiro atoms. The van der Waals surface area contributed by atoms with Crippen LogP contribution in [0.25, 0.3) is 17.1 Å². The molecule has 0 unspecified atom stereocenters. The van der Waals surface area contributed by atoms with Gasteiger partial charge in [-0.1, -0.05) is 0 Å². The molecule has 0 aliphatic heterocycles. The maximum Gasteiger partial charge on any atom is 0.273 e. The second-order valence-electron chi connectivity index (χ2n) is 8.08. The van der Waals surface area contributed by atoms with Crippen LogP contribution in [-0.2, 0) is 7.05 Å². The maximum absolute atomic E-state index is 13.2. The van der Waals surface area contributed by atoms with Crippen molar-refractivity contribution in [2.45, 2.75) is 13.8 Å². The fourth-order valence-corrected chi connectivity index (χ4v) is 3.68. The molecular formula is C26H22FN7O2. The summed E-state index contributed by atoms with van der Waals surface area (Å²) in [4.78, 5) is 25.9. The number of ether oxygens (including phenoxy) is 1. The van der Waals surface area contributed by atoms with Gasteiger partial charge in [-0.05, 0) is 68.4 Å². The molecule has 0 saturated carbocycles. The van der Waals surface area contributed by atoms with E-state index in [2.05, 4.69) is 25.4 Å². The van der Waals surface area contributed by atoms with Crippen LogP contribution in [0.3, 0.4) is 0 Å². The van der Waals surface area contributed by atoms with Gasteiger partial charge in [0.15, 0.2) is 0 Å².